The summed E-state index contributed by atoms with van der Waals surface area (Å²) in [5.41, 5.74) is 2.88. The Morgan fingerprint density at radius 2 is 1.91 bits per heavy atom. The lowest BCUT2D eigenvalue weighted by Crippen LogP contribution is -2.44. The molecule has 0 radical (unpaired) electrons. The van der Waals surface area contributed by atoms with Crippen molar-refractivity contribution in [1.82, 2.24) is 0 Å². The summed E-state index contributed by atoms with van der Waals surface area (Å²) in [7, 11) is 0. The van der Waals surface area contributed by atoms with Crippen LogP contribution in [0.5, 0.6) is 5.75 Å². The standard InChI is InChI=1S/C18H17NO4/c1-11-3-8-16-15(9-11)19(17(20)12(2)23-16)10-13-4-6-14(7-5-13)18(21)22/h3-9,12H,10H2,1-2H3,(H,21,22)/t12-/m0/s1. The number of anilines is 1. The summed E-state index contributed by atoms with van der Waals surface area (Å²) in [5, 5.41) is 8.95. The van der Waals surface area contributed by atoms with Crippen molar-refractivity contribution >= 4 is 17.6 Å². The van der Waals surface area contributed by atoms with Gasteiger partial charge in [-0.1, -0.05) is 18.2 Å². The molecule has 0 bridgehead atoms. The van der Waals surface area contributed by atoms with Crippen LogP contribution in [0, 0.1) is 6.92 Å². The van der Waals surface area contributed by atoms with E-state index in [-0.39, 0.29) is 11.5 Å². The Labute approximate surface area is 134 Å². The zero-order valence-corrected chi connectivity index (χ0v) is 12.9. The predicted octanol–water partition coefficient (Wildman–Crippen LogP) is 3.01. The van der Waals surface area contributed by atoms with Gasteiger partial charge in [0.15, 0.2) is 6.10 Å². The van der Waals surface area contributed by atoms with Gasteiger partial charge in [0.05, 0.1) is 17.8 Å². The van der Waals surface area contributed by atoms with E-state index in [2.05, 4.69) is 0 Å². The van der Waals surface area contributed by atoms with Gasteiger partial charge in [0.1, 0.15) is 5.75 Å². The number of aromatic carboxylic acids is 1. The van der Waals surface area contributed by atoms with E-state index in [4.69, 9.17) is 9.84 Å². The van der Waals surface area contributed by atoms with Crippen LogP contribution < -0.4 is 9.64 Å². The molecule has 1 heterocycles. The number of aryl methyl sites for hydroxylation is 1. The summed E-state index contributed by atoms with van der Waals surface area (Å²) in [6, 6.07) is 12.3. The Balaban J connectivity index is 1.93. The van der Waals surface area contributed by atoms with E-state index in [1.807, 2.05) is 25.1 Å². The van der Waals surface area contributed by atoms with E-state index in [9.17, 15) is 9.59 Å². The number of rotatable bonds is 3. The van der Waals surface area contributed by atoms with Crippen molar-refractivity contribution < 1.29 is 19.4 Å². The molecule has 1 amide bonds. The maximum Gasteiger partial charge on any atom is 0.335 e. The highest BCUT2D eigenvalue weighted by molar-refractivity contribution is 5.99. The van der Waals surface area contributed by atoms with E-state index in [1.54, 1.807) is 36.1 Å². The maximum atomic E-state index is 12.5. The molecule has 0 spiro atoms. The van der Waals surface area contributed by atoms with Crippen molar-refractivity contribution in [3.05, 3.63) is 59.2 Å². The smallest absolute Gasteiger partial charge is 0.335 e. The molecule has 0 aromatic heterocycles. The van der Waals surface area contributed by atoms with Crippen molar-refractivity contribution in [3.63, 3.8) is 0 Å². The molecule has 118 valence electrons. The highest BCUT2D eigenvalue weighted by Gasteiger charge is 2.31. The van der Waals surface area contributed by atoms with Crippen molar-refractivity contribution in [2.75, 3.05) is 4.90 Å². The number of amides is 1. The maximum absolute atomic E-state index is 12.5. The summed E-state index contributed by atoms with van der Waals surface area (Å²) in [4.78, 5) is 25.1. The van der Waals surface area contributed by atoms with Gasteiger partial charge in [-0.05, 0) is 49.2 Å². The molecule has 1 atom stereocenters. The molecule has 2 aromatic rings. The monoisotopic (exact) mass is 311 g/mol. The molecular weight excluding hydrogens is 294 g/mol. The number of hydrogen-bond acceptors (Lipinski definition) is 3. The Morgan fingerprint density at radius 1 is 1.22 bits per heavy atom. The molecule has 5 nitrogen and oxygen atoms in total. The van der Waals surface area contributed by atoms with Crippen LogP contribution in [0.1, 0.15) is 28.4 Å². The first-order valence-electron chi connectivity index (χ1n) is 7.36. The first kappa shape index (κ1) is 15.1. The summed E-state index contributed by atoms with van der Waals surface area (Å²) >= 11 is 0. The van der Waals surface area contributed by atoms with Crippen LogP contribution in [0.2, 0.25) is 0 Å². The second-order valence-corrected chi connectivity index (χ2v) is 5.66. The topological polar surface area (TPSA) is 66.8 Å². The summed E-state index contributed by atoms with van der Waals surface area (Å²) in [6.07, 6.45) is -0.538. The number of fused-ring (bicyclic) bond motifs is 1. The van der Waals surface area contributed by atoms with E-state index in [0.717, 1.165) is 16.8 Å². The molecule has 0 fully saturated rings. The molecule has 1 aliphatic heterocycles. The Bertz CT molecular complexity index is 767. The van der Waals surface area contributed by atoms with E-state index in [1.165, 1.54) is 0 Å². The Kier molecular flexibility index (Phi) is 3.78. The van der Waals surface area contributed by atoms with Crippen LogP contribution in [-0.4, -0.2) is 23.1 Å². The van der Waals surface area contributed by atoms with Gasteiger partial charge in [-0.2, -0.15) is 0 Å². The summed E-state index contributed by atoms with van der Waals surface area (Å²) in [5.74, 6) is -0.385. The number of benzene rings is 2. The molecule has 2 aromatic carbocycles. The number of carbonyl (C=O) groups is 2. The molecule has 5 heteroatoms. The first-order valence-corrected chi connectivity index (χ1v) is 7.36. The lowest BCUT2D eigenvalue weighted by Gasteiger charge is -2.33. The van der Waals surface area contributed by atoms with Gasteiger partial charge >= 0.3 is 5.97 Å². The van der Waals surface area contributed by atoms with Crippen molar-refractivity contribution in [3.8, 4) is 5.75 Å². The number of carboxylic acid groups (broad SMARTS) is 1. The third kappa shape index (κ3) is 2.90. The number of carboxylic acids is 1. The Hall–Kier alpha value is -2.82. The third-order valence-corrected chi connectivity index (χ3v) is 3.86. The van der Waals surface area contributed by atoms with Gasteiger partial charge in [-0.15, -0.1) is 0 Å². The molecule has 0 saturated carbocycles. The lowest BCUT2D eigenvalue weighted by molar-refractivity contribution is -0.125. The second kappa shape index (κ2) is 5.76. The van der Waals surface area contributed by atoms with Gasteiger partial charge in [-0.25, -0.2) is 4.79 Å². The minimum atomic E-state index is -0.964. The van der Waals surface area contributed by atoms with E-state index >= 15 is 0 Å². The number of hydrogen-bond donors (Lipinski definition) is 1. The van der Waals surface area contributed by atoms with Gasteiger partial charge in [0.2, 0.25) is 0 Å². The molecule has 0 aliphatic carbocycles. The Morgan fingerprint density at radius 3 is 2.57 bits per heavy atom. The SMILES string of the molecule is Cc1ccc2c(c1)N(Cc1ccc(C(=O)O)cc1)C(=O)[C@H](C)O2. The first-order chi connectivity index (χ1) is 11.0. The molecule has 3 rings (SSSR count). The highest BCUT2D eigenvalue weighted by Crippen LogP contribution is 2.35. The summed E-state index contributed by atoms with van der Waals surface area (Å²) < 4.78 is 5.65. The van der Waals surface area contributed by atoms with Gasteiger partial charge in [0.25, 0.3) is 5.91 Å². The number of carbonyl (C=O) groups excluding carboxylic acids is 1. The van der Waals surface area contributed by atoms with Crippen LogP contribution in [-0.2, 0) is 11.3 Å². The van der Waals surface area contributed by atoms with Gasteiger partial charge in [-0.3, -0.25) is 4.79 Å². The van der Waals surface area contributed by atoms with Crippen molar-refractivity contribution in [2.45, 2.75) is 26.5 Å². The fourth-order valence-corrected chi connectivity index (χ4v) is 2.62. The molecule has 23 heavy (non-hydrogen) atoms. The lowest BCUT2D eigenvalue weighted by atomic mass is 10.1. The highest BCUT2D eigenvalue weighted by atomic mass is 16.5. The van der Waals surface area contributed by atoms with E-state index < -0.39 is 12.1 Å². The molecule has 0 saturated heterocycles. The van der Waals surface area contributed by atoms with Gasteiger partial charge < -0.3 is 14.7 Å². The number of ether oxygens (including phenoxy) is 1. The minimum absolute atomic E-state index is 0.106. The predicted molar refractivity (Wildman–Crippen MR) is 85.9 cm³/mol. The quantitative estimate of drug-likeness (QED) is 0.946. The van der Waals surface area contributed by atoms with Crippen molar-refractivity contribution in [1.29, 1.82) is 0 Å². The van der Waals surface area contributed by atoms with Crippen molar-refractivity contribution in [2.24, 2.45) is 0 Å². The fourth-order valence-electron chi connectivity index (χ4n) is 2.62. The molecule has 1 N–H and O–H groups in total. The zero-order chi connectivity index (χ0) is 16.6. The van der Waals surface area contributed by atoms with Crippen LogP contribution in [0.15, 0.2) is 42.5 Å². The molecule has 1 aliphatic rings. The van der Waals surface area contributed by atoms with E-state index in [0.29, 0.717) is 12.3 Å². The number of nitrogens with zero attached hydrogens (tertiary/aromatic N) is 1. The normalized spacial score (nSPS) is 16.7. The summed E-state index contributed by atoms with van der Waals surface area (Å²) in [6.45, 7) is 4.07. The minimum Gasteiger partial charge on any atom is -0.479 e. The molecule has 0 unspecified atom stereocenters. The zero-order valence-electron chi connectivity index (χ0n) is 12.9. The average molecular weight is 311 g/mol. The van der Waals surface area contributed by atoms with Crippen LogP contribution in [0.3, 0.4) is 0 Å². The molecular formula is C18H17NO4. The second-order valence-electron chi connectivity index (χ2n) is 5.66. The van der Waals surface area contributed by atoms with Crippen LogP contribution in [0.25, 0.3) is 0 Å². The third-order valence-electron chi connectivity index (χ3n) is 3.86. The van der Waals surface area contributed by atoms with Crippen LogP contribution >= 0.6 is 0 Å². The van der Waals surface area contributed by atoms with Gasteiger partial charge in [0, 0.05) is 0 Å². The average Bonchev–Trinajstić information content (AvgIpc) is 2.53. The largest absolute Gasteiger partial charge is 0.479 e. The van der Waals surface area contributed by atoms with Crippen LogP contribution in [0.4, 0.5) is 5.69 Å². The fraction of sp³-hybridized carbons (Fsp3) is 0.222.